The maximum absolute atomic E-state index is 14.3. The van der Waals surface area contributed by atoms with Gasteiger partial charge in [0.15, 0.2) is 12.1 Å². The number of Topliss-reactive ketones (excluding diaryl/α,β-unsaturated/α-hetero) is 1. The van der Waals surface area contributed by atoms with Crippen molar-refractivity contribution in [3.63, 3.8) is 0 Å². The average Bonchev–Trinajstić information content (AvgIpc) is 3.30. The summed E-state index contributed by atoms with van der Waals surface area (Å²) < 4.78 is 82.9. The molecule has 0 amide bonds. The van der Waals surface area contributed by atoms with E-state index in [0.717, 1.165) is 0 Å². The van der Waals surface area contributed by atoms with Gasteiger partial charge in [0.25, 0.3) is 0 Å². The molecular formula is C20H24F2O11S. The van der Waals surface area contributed by atoms with E-state index in [2.05, 4.69) is 0 Å². The van der Waals surface area contributed by atoms with Gasteiger partial charge < -0.3 is 29.2 Å². The van der Waals surface area contributed by atoms with Crippen LogP contribution < -0.4 is 0 Å². The Labute approximate surface area is 192 Å². The molecule has 7 aliphatic rings. The molecular weight excluding hydrogens is 486 g/mol. The third-order valence-electron chi connectivity index (χ3n) is 8.64. The van der Waals surface area contributed by atoms with E-state index >= 15 is 0 Å². The Kier molecular flexibility index (Phi) is 4.86. The number of ether oxygens (including phenoxy) is 4. The summed E-state index contributed by atoms with van der Waals surface area (Å²) in [5.74, 6) is -8.10. The van der Waals surface area contributed by atoms with Gasteiger partial charge in [-0.05, 0) is 43.9 Å². The normalized spacial score (nSPS) is 51.8. The lowest BCUT2D eigenvalue weighted by Crippen LogP contribution is -2.61. The first-order chi connectivity index (χ1) is 15.8. The zero-order chi connectivity index (χ0) is 24.4. The van der Waals surface area contributed by atoms with Crippen LogP contribution in [-0.4, -0.2) is 76.9 Å². The van der Waals surface area contributed by atoms with Gasteiger partial charge in [0, 0.05) is 11.8 Å². The second-order valence-electron chi connectivity index (χ2n) is 10.4. The predicted molar refractivity (Wildman–Crippen MR) is 101 cm³/mol. The third-order valence-corrected chi connectivity index (χ3v) is 9.49. The lowest BCUT2D eigenvalue weighted by molar-refractivity contribution is -0.320. The van der Waals surface area contributed by atoms with Crippen molar-refractivity contribution in [2.24, 2.45) is 35.5 Å². The highest BCUT2D eigenvalue weighted by Gasteiger charge is 2.71. The van der Waals surface area contributed by atoms with Crippen LogP contribution in [0.4, 0.5) is 8.78 Å². The highest BCUT2D eigenvalue weighted by Crippen LogP contribution is 2.62. The first kappa shape index (κ1) is 23.1. The van der Waals surface area contributed by atoms with Crippen molar-refractivity contribution >= 4 is 21.9 Å². The van der Waals surface area contributed by atoms with Gasteiger partial charge in [0.05, 0.1) is 12.0 Å². The molecule has 0 radical (unpaired) electrons. The Hall–Kier alpha value is -1.29. The van der Waals surface area contributed by atoms with E-state index in [0.29, 0.717) is 12.8 Å². The number of carbonyl (C=O) groups excluding carboxylic acids is 2. The maximum Gasteiger partial charge on any atom is 0.427 e. The highest BCUT2D eigenvalue weighted by molar-refractivity contribution is 7.87. The molecule has 34 heavy (non-hydrogen) atoms. The van der Waals surface area contributed by atoms with Gasteiger partial charge in [-0.3, -0.25) is 14.1 Å². The fourth-order valence-electron chi connectivity index (χ4n) is 7.39. The second kappa shape index (κ2) is 7.14. The van der Waals surface area contributed by atoms with E-state index < -0.39 is 81.6 Å². The second-order valence-corrected chi connectivity index (χ2v) is 11.9. The maximum atomic E-state index is 14.3. The Morgan fingerprint density at radius 2 is 1.68 bits per heavy atom. The number of rotatable bonds is 3. The molecule has 7 fully saturated rings. The smallest absolute Gasteiger partial charge is 0.427 e. The zero-order valence-corrected chi connectivity index (χ0v) is 18.5. The van der Waals surface area contributed by atoms with Crippen molar-refractivity contribution in [1.82, 2.24) is 0 Å². The standard InChI is InChI=1S/C20H24F2O11S/c21-20(22,34(27,28)29)15(24)11-7-4-8-1-6(3-10(11)23)2-9(5-7)19(8)32-14-12-13(30-18(14)33-19)17(26)31-16(12)25/h6-14,17-18,23,26H,1-5H2,(H,27,28,29). The minimum Gasteiger partial charge on any atom is -0.433 e. The van der Waals surface area contributed by atoms with Gasteiger partial charge in [-0.2, -0.15) is 17.2 Å². The topological polar surface area (TPSA) is 166 Å². The van der Waals surface area contributed by atoms with Crippen LogP contribution >= 0.6 is 0 Å². The molecule has 0 aromatic heterocycles. The lowest BCUT2D eigenvalue weighted by Gasteiger charge is -2.57. The number of aliphatic hydroxyl groups is 2. The molecule has 0 aromatic rings. The zero-order valence-electron chi connectivity index (χ0n) is 17.7. The summed E-state index contributed by atoms with van der Waals surface area (Å²) >= 11 is 0. The van der Waals surface area contributed by atoms with Crippen LogP contribution in [0, 0.1) is 35.5 Å². The van der Waals surface area contributed by atoms with Gasteiger partial charge in [-0.15, -0.1) is 0 Å². The quantitative estimate of drug-likeness (QED) is 0.340. The molecule has 11 nitrogen and oxygen atoms in total. The fraction of sp³-hybridized carbons (Fsp3) is 0.900. The molecule has 190 valence electrons. The number of carbonyl (C=O) groups is 2. The molecule has 3 aliphatic heterocycles. The molecule has 9 atom stereocenters. The number of cyclic esters (lactones) is 1. The number of fused-ring (bicyclic) bond motifs is 5. The number of halogens is 2. The van der Waals surface area contributed by atoms with Crippen LogP contribution in [0.25, 0.3) is 0 Å². The summed E-state index contributed by atoms with van der Waals surface area (Å²) in [5.41, 5.74) is 0. The molecule has 1 spiro atoms. The fourth-order valence-corrected chi connectivity index (χ4v) is 7.78. The van der Waals surface area contributed by atoms with Crippen LogP contribution in [0.3, 0.4) is 0 Å². The van der Waals surface area contributed by atoms with Crippen molar-refractivity contribution in [1.29, 1.82) is 0 Å². The largest absolute Gasteiger partial charge is 0.433 e. The predicted octanol–water partition coefficient (Wildman–Crippen LogP) is -0.203. The minimum absolute atomic E-state index is 0.0180. The average molecular weight is 510 g/mol. The molecule has 0 aromatic carbocycles. The number of aliphatic hydroxyl groups excluding tert-OH is 2. The summed E-state index contributed by atoms with van der Waals surface area (Å²) in [7, 11) is -6.00. The van der Waals surface area contributed by atoms with Crippen LogP contribution in [0.2, 0.25) is 0 Å². The van der Waals surface area contributed by atoms with Gasteiger partial charge in [-0.25, -0.2) is 0 Å². The highest BCUT2D eigenvalue weighted by atomic mass is 32.2. The van der Waals surface area contributed by atoms with Crippen molar-refractivity contribution in [2.45, 2.75) is 74.0 Å². The molecule has 4 saturated carbocycles. The number of alkyl halides is 2. The van der Waals surface area contributed by atoms with Crippen LogP contribution in [0.1, 0.15) is 32.1 Å². The molecule has 14 heteroatoms. The molecule has 3 saturated heterocycles. The van der Waals surface area contributed by atoms with Gasteiger partial charge in [0.2, 0.25) is 12.1 Å². The van der Waals surface area contributed by atoms with E-state index in [1.807, 2.05) is 0 Å². The molecule has 9 unspecified atom stereocenters. The Balaban J connectivity index is 1.29. The molecule has 3 heterocycles. The van der Waals surface area contributed by atoms with E-state index in [1.54, 1.807) is 0 Å². The minimum atomic E-state index is -6.00. The monoisotopic (exact) mass is 510 g/mol. The number of hydrogen-bond donors (Lipinski definition) is 3. The first-order valence-corrected chi connectivity index (χ1v) is 12.7. The van der Waals surface area contributed by atoms with Crippen molar-refractivity contribution in [3.8, 4) is 0 Å². The SMILES string of the molecule is O=C1OC(O)C2OC3OC4(OC3C12)C1CC2CC(O)C(C(=O)C(F)(F)S(=O)(=O)O)C(C1)CC4C2. The van der Waals surface area contributed by atoms with Crippen molar-refractivity contribution < 1.29 is 60.5 Å². The van der Waals surface area contributed by atoms with Crippen LogP contribution in [0.15, 0.2) is 0 Å². The lowest BCUT2D eigenvalue weighted by atomic mass is 9.54. The van der Waals surface area contributed by atoms with Crippen LogP contribution in [-0.2, 0) is 38.7 Å². The number of esters is 1. The first-order valence-electron chi connectivity index (χ1n) is 11.3. The Morgan fingerprint density at radius 3 is 2.29 bits per heavy atom. The van der Waals surface area contributed by atoms with E-state index in [4.69, 9.17) is 23.5 Å². The van der Waals surface area contributed by atoms with Crippen molar-refractivity contribution in [3.05, 3.63) is 0 Å². The number of hydrogen-bond acceptors (Lipinski definition) is 10. The summed E-state index contributed by atoms with van der Waals surface area (Å²) in [6.07, 6.45) is -4.23. The third kappa shape index (κ3) is 2.96. The molecule has 3 N–H and O–H groups in total. The summed E-state index contributed by atoms with van der Waals surface area (Å²) in [4.78, 5) is 24.8. The number of ketones is 1. The Morgan fingerprint density at radius 1 is 1.03 bits per heavy atom. The molecule has 4 bridgehead atoms. The van der Waals surface area contributed by atoms with Crippen LogP contribution in [0.5, 0.6) is 0 Å². The van der Waals surface area contributed by atoms with Gasteiger partial charge >= 0.3 is 21.3 Å². The summed E-state index contributed by atoms with van der Waals surface area (Å²) in [6.45, 7) is 0. The summed E-state index contributed by atoms with van der Waals surface area (Å²) in [6, 6.07) is 0. The summed E-state index contributed by atoms with van der Waals surface area (Å²) in [5, 5.41) is 15.5. The molecule has 4 aliphatic carbocycles. The van der Waals surface area contributed by atoms with Crippen molar-refractivity contribution in [2.75, 3.05) is 0 Å². The van der Waals surface area contributed by atoms with Gasteiger partial charge in [-0.1, -0.05) is 0 Å². The molecule has 7 rings (SSSR count). The van der Waals surface area contributed by atoms with E-state index in [1.165, 1.54) is 0 Å². The van der Waals surface area contributed by atoms with Gasteiger partial charge in [0.1, 0.15) is 18.1 Å². The van der Waals surface area contributed by atoms with E-state index in [-0.39, 0.29) is 37.0 Å². The Bertz CT molecular complexity index is 1020. The van der Waals surface area contributed by atoms with E-state index in [9.17, 15) is 37.0 Å².